The van der Waals surface area contributed by atoms with Crippen LogP contribution >= 0.6 is 12.2 Å². The smallest absolute Gasteiger partial charge is 0.189 e. The Kier molecular flexibility index (Phi) is 5.06. The number of hydrogen-bond donors (Lipinski definition) is 2. The van der Waals surface area contributed by atoms with E-state index >= 15 is 0 Å². The molecule has 27 heavy (non-hydrogen) atoms. The number of ether oxygens (including phenoxy) is 1. The molecule has 0 atom stereocenters. The summed E-state index contributed by atoms with van der Waals surface area (Å²) >= 11 is 5.52. The average Bonchev–Trinajstić information content (AvgIpc) is 2.72. The van der Waals surface area contributed by atoms with E-state index in [1.807, 2.05) is 24.3 Å². The Morgan fingerprint density at radius 1 is 1.15 bits per heavy atom. The number of hydrazone groups is 1. The molecule has 0 spiro atoms. The lowest BCUT2D eigenvalue weighted by Gasteiger charge is -2.37. The maximum Gasteiger partial charge on any atom is 0.189 e. The molecule has 1 fully saturated rings. The van der Waals surface area contributed by atoms with Gasteiger partial charge in [0.1, 0.15) is 17.2 Å². The van der Waals surface area contributed by atoms with Crippen LogP contribution in [0, 0.1) is 0 Å². The van der Waals surface area contributed by atoms with Crippen molar-refractivity contribution in [2.45, 2.75) is 6.42 Å². The van der Waals surface area contributed by atoms with Crippen LogP contribution in [-0.4, -0.2) is 58.6 Å². The van der Waals surface area contributed by atoms with Crippen LogP contribution < -0.4 is 15.1 Å². The first-order valence-corrected chi connectivity index (χ1v) is 9.35. The van der Waals surface area contributed by atoms with E-state index in [4.69, 9.17) is 17.0 Å². The third-order valence-corrected chi connectivity index (χ3v) is 5.06. The fraction of sp³-hybridized carbons (Fsp3) is 0.316. The lowest BCUT2D eigenvalue weighted by atomic mass is 10.1. The molecule has 3 heterocycles. The molecular formula is C19H21N5O2S. The molecule has 2 N–H and O–H groups in total. The first-order chi connectivity index (χ1) is 13.2. The van der Waals surface area contributed by atoms with Crippen molar-refractivity contribution >= 4 is 28.7 Å². The molecule has 1 saturated heterocycles. The van der Waals surface area contributed by atoms with Gasteiger partial charge in [0.25, 0.3) is 0 Å². The maximum absolute atomic E-state index is 9.42. The number of benzene rings is 1. The van der Waals surface area contributed by atoms with Crippen LogP contribution in [0.25, 0.3) is 0 Å². The van der Waals surface area contributed by atoms with Crippen LogP contribution in [0.1, 0.15) is 12.1 Å². The molecular weight excluding hydrogens is 362 g/mol. The van der Waals surface area contributed by atoms with Crippen molar-refractivity contribution < 1.29 is 9.84 Å². The number of nitrogens with one attached hydrogen (secondary N) is 1. The predicted octanol–water partition coefficient (Wildman–Crippen LogP) is 1.97. The fourth-order valence-corrected chi connectivity index (χ4v) is 3.45. The van der Waals surface area contributed by atoms with E-state index in [1.54, 1.807) is 18.3 Å². The van der Waals surface area contributed by atoms with Crippen molar-refractivity contribution in [1.82, 2.24) is 15.3 Å². The second-order valence-corrected chi connectivity index (χ2v) is 6.80. The summed E-state index contributed by atoms with van der Waals surface area (Å²) in [5.41, 5.74) is 5.77. The van der Waals surface area contributed by atoms with Crippen LogP contribution in [0.4, 0.5) is 5.69 Å². The van der Waals surface area contributed by atoms with E-state index in [0.29, 0.717) is 18.1 Å². The van der Waals surface area contributed by atoms with Gasteiger partial charge in [-0.1, -0.05) is 0 Å². The minimum atomic E-state index is 0.283. The van der Waals surface area contributed by atoms with E-state index in [-0.39, 0.29) is 5.75 Å². The van der Waals surface area contributed by atoms with Gasteiger partial charge >= 0.3 is 0 Å². The van der Waals surface area contributed by atoms with E-state index in [9.17, 15) is 5.11 Å². The molecule has 0 bridgehead atoms. The third-order valence-electron chi connectivity index (χ3n) is 4.71. The molecule has 1 aromatic carbocycles. The normalized spacial score (nSPS) is 18.0. The number of hydrogen-bond acceptors (Lipinski definition) is 6. The third kappa shape index (κ3) is 3.95. The monoisotopic (exact) mass is 383 g/mol. The Morgan fingerprint density at radius 2 is 1.93 bits per heavy atom. The number of phenols is 1. The molecule has 0 amide bonds. The zero-order chi connectivity index (χ0) is 18.6. The van der Waals surface area contributed by atoms with Gasteiger partial charge in [-0.25, -0.2) is 0 Å². The second-order valence-electron chi connectivity index (χ2n) is 6.41. The Morgan fingerprint density at radius 3 is 2.70 bits per heavy atom. The summed E-state index contributed by atoms with van der Waals surface area (Å²) in [7, 11) is 0. The number of phenolic OH excluding ortho intramolecular Hbond substituents is 1. The molecule has 4 rings (SSSR count). The molecule has 1 aromatic heterocycles. The van der Waals surface area contributed by atoms with E-state index < -0.39 is 0 Å². The highest BCUT2D eigenvalue weighted by atomic mass is 32.1. The van der Waals surface area contributed by atoms with Gasteiger partial charge in [-0.15, -0.1) is 0 Å². The van der Waals surface area contributed by atoms with Gasteiger partial charge in [0.2, 0.25) is 0 Å². The molecule has 0 unspecified atom stereocenters. The molecule has 0 saturated carbocycles. The van der Waals surface area contributed by atoms with Crippen molar-refractivity contribution in [3.8, 4) is 11.5 Å². The lowest BCUT2D eigenvalue weighted by molar-refractivity contribution is 0.318. The SMILES string of the molecule is Oc1ccc(N2CCN(C(=S)N/N=C3/CCOc4cccnc43)CC2)cc1. The van der Waals surface area contributed by atoms with Crippen LogP contribution in [0.2, 0.25) is 0 Å². The van der Waals surface area contributed by atoms with Crippen molar-refractivity contribution in [2.24, 2.45) is 5.10 Å². The molecule has 2 aromatic rings. The minimum Gasteiger partial charge on any atom is -0.508 e. The largest absolute Gasteiger partial charge is 0.508 e. The zero-order valence-corrected chi connectivity index (χ0v) is 15.7. The highest BCUT2D eigenvalue weighted by molar-refractivity contribution is 7.80. The number of nitrogens with zero attached hydrogens (tertiary/aromatic N) is 4. The molecule has 2 aliphatic rings. The minimum absolute atomic E-state index is 0.283. The number of aromatic nitrogens is 1. The number of pyridine rings is 1. The lowest BCUT2D eigenvalue weighted by Crippen LogP contribution is -2.51. The zero-order valence-electron chi connectivity index (χ0n) is 14.8. The van der Waals surface area contributed by atoms with Gasteiger partial charge in [-0.05, 0) is 48.6 Å². The first kappa shape index (κ1) is 17.5. The number of thiocarbonyl (C=S) groups is 1. The Labute approximate surface area is 163 Å². The van der Waals surface area contributed by atoms with Gasteiger partial charge in [0.15, 0.2) is 5.11 Å². The Balaban J connectivity index is 1.34. The molecule has 140 valence electrons. The van der Waals surface area contributed by atoms with Gasteiger partial charge < -0.3 is 19.6 Å². The summed E-state index contributed by atoms with van der Waals surface area (Å²) in [5.74, 6) is 1.05. The highest BCUT2D eigenvalue weighted by Crippen LogP contribution is 2.22. The number of fused-ring (bicyclic) bond motifs is 1. The highest BCUT2D eigenvalue weighted by Gasteiger charge is 2.21. The summed E-state index contributed by atoms with van der Waals surface area (Å²) < 4.78 is 5.60. The van der Waals surface area contributed by atoms with E-state index in [0.717, 1.165) is 49.0 Å². The summed E-state index contributed by atoms with van der Waals surface area (Å²) in [6.07, 6.45) is 2.44. The standard InChI is InChI=1S/C19H21N5O2S/c25-15-5-3-14(4-6-15)23-9-11-24(12-10-23)19(27)22-21-16-7-13-26-17-2-1-8-20-18(16)17/h1-6,8,25H,7,9-13H2,(H,22,27)/b21-16-. The van der Waals surface area contributed by atoms with Crippen molar-refractivity contribution in [3.63, 3.8) is 0 Å². The number of aromatic hydroxyl groups is 1. The van der Waals surface area contributed by atoms with Crippen molar-refractivity contribution in [3.05, 3.63) is 48.3 Å². The Hall–Kier alpha value is -2.87. The fourth-order valence-electron chi connectivity index (χ4n) is 3.23. The van der Waals surface area contributed by atoms with Gasteiger partial charge in [0, 0.05) is 44.5 Å². The van der Waals surface area contributed by atoms with Gasteiger partial charge in [-0.2, -0.15) is 5.10 Å². The maximum atomic E-state index is 9.42. The predicted molar refractivity (Wildman–Crippen MR) is 109 cm³/mol. The molecule has 0 aliphatic carbocycles. The summed E-state index contributed by atoms with van der Waals surface area (Å²) in [6.45, 7) is 3.95. The summed E-state index contributed by atoms with van der Waals surface area (Å²) in [4.78, 5) is 8.76. The van der Waals surface area contributed by atoms with Crippen LogP contribution in [0.3, 0.4) is 0 Å². The number of anilines is 1. The first-order valence-electron chi connectivity index (χ1n) is 8.94. The average molecular weight is 383 g/mol. The van der Waals surface area contributed by atoms with Gasteiger partial charge in [-0.3, -0.25) is 10.4 Å². The molecule has 2 aliphatic heterocycles. The topological polar surface area (TPSA) is 73.2 Å². The summed E-state index contributed by atoms with van der Waals surface area (Å²) in [6, 6.07) is 11.0. The van der Waals surface area contributed by atoms with Crippen molar-refractivity contribution in [2.75, 3.05) is 37.7 Å². The second kappa shape index (κ2) is 7.79. The van der Waals surface area contributed by atoms with Crippen LogP contribution in [-0.2, 0) is 0 Å². The molecule has 7 nitrogen and oxygen atoms in total. The molecule has 8 heteroatoms. The van der Waals surface area contributed by atoms with Crippen molar-refractivity contribution in [1.29, 1.82) is 0 Å². The van der Waals surface area contributed by atoms with Gasteiger partial charge in [0.05, 0.1) is 12.3 Å². The van der Waals surface area contributed by atoms with E-state index in [1.165, 1.54) is 0 Å². The molecule has 0 radical (unpaired) electrons. The van der Waals surface area contributed by atoms with Crippen LogP contribution in [0.5, 0.6) is 11.5 Å². The number of rotatable bonds is 2. The van der Waals surface area contributed by atoms with Crippen LogP contribution in [0.15, 0.2) is 47.7 Å². The quantitative estimate of drug-likeness (QED) is 0.607. The summed E-state index contributed by atoms with van der Waals surface area (Å²) in [5, 5.41) is 14.5. The Bertz CT molecular complexity index is 847. The number of piperazine rings is 1. The van der Waals surface area contributed by atoms with E-state index in [2.05, 4.69) is 25.3 Å².